The van der Waals surface area contributed by atoms with E-state index in [1.165, 1.54) is 43.5 Å². The van der Waals surface area contributed by atoms with Crippen molar-refractivity contribution in [1.82, 2.24) is 15.1 Å². The van der Waals surface area contributed by atoms with Crippen molar-refractivity contribution in [2.24, 2.45) is 5.92 Å². The van der Waals surface area contributed by atoms with Crippen molar-refractivity contribution in [3.63, 3.8) is 0 Å². The first-order valence-electron chi connectivity index (χ1n) is 8.55. The lowest BCUT2D eigenvalue weighted by Crippen LogP contribution is -2.35. The van der Waals surface area contributed by atoms with Crippen molar-refractivity contribution in [3.05, 3.63) is 17.5 Å². The van der Waals surface area contributed by atoms with Crippen molar-refractivity contribution in [3.8, 4) is 0 Å². The van der Waals surface area contributed by atoms with Crippen molar-refractivity contribution >= 4 is 0 Å². The van der Waals surface area contributed by atoms with Gasteiger partial charge in [0.15, 0.2) is 0 Å². The van der Waals surface area contributed by atoms with E-state index in [0.29, 0.717) is 6.04 Å². The Hall–Kier alpha value is -0.830. The minimum absolute atomic E-state index is 0.631. The van der Waals surface area contributed by atoms with Gasteiger partial charge in [-0.2, -0.15) is 5.10 Å². The molecule has 0 aliphatic heterocycles. The van der Waals surface area contributed by atoms with E-state index in [1.54, 1.807) is 0 Å². The summed E-state index contributed by atoms with van der Waals surface area (Å²) < 4.78 is 2.19. The lowest BCUT2D eigenvalue weighted by Gasteiger charge is -2.30. The maximum absolute atomic E-state index is 4.68. The average molecular weight is 277 g/mol. The lowest BCUT2D eigenvalue weighted by molar-refractivity contribution is 0.257. The van der Waals surface area contributed by atoms with Crippen LogP contribution in [-0.4, -0.2) is 22.4 Å². The second kappa shape index (κ2) is 7.82. The standard InChI is InChI=1S/C17H31N3/c1-4-10-18-16(11-14-8-7-9-14)13-17-12-15(5-2)19-20(17)6-3/h12,14,16,18H,4-11,13H2,1-3H3. The fraction of sp³-hybridized carbons (Fsp3) is 0.824. The van der Waals surface area contributed by atoms with Crippen molar-refractivity contribution < 1.29 is 0 Å². The van der Waals surface area contributed by atoms with Crippen LogP contribution in [0.25, 0.3) is 0 Å². The quantitative estimate of drug-likeness (QED) is 0.748. The topological polar surface area (TPSA) is 29.9 Å². The average Bonchev–Trinajstić information content (AvgIpc) is 2.81. The molecule has 1 fully saturated rings. The molecule has 0 aromatic carbocycles. The Bertz CT molecular complexity index is 393. The molecular formula is C17H31N3. The maximum atomic E-state index is 4.68. The van der Waals surface area contributed by atoms with Crippen LogP contribution in [-0.2, 0) is 19.4 Å². The van der Waals surface area contributed by atoms with Gasteiger partial charge in [-0.05, 0) is 44.7 Å². The highest BCUT2D eigenvalue weighted by atomic mass is 15.3. The molecule has 1 heterocycles. The Morgan fingerprint density at radius 2 is 2.15 bits per heavy atom. The van der Waals surface area contributed by atoms with E-state index < -0.39 is 0 Å². The van der Waals surface area contributed by atoms with Gasteiger partial charge in [0.05, 0.1) is 5.69 Å². The first-order valence-corrected chi connectivity index (χ1v) is 8.55. The first kappa shape index (κ1) is 15.6. The Kier molecular flexibility index (Phi) is 6.08. The molecule has 0 saturated heterocycles. The molecule has 3 heteroatoms. The van der Waals surface area contributed by atoms with E-state index in [9.17, 15) is 0 Å². The van der Waals surface area contributed by atoms with Gasteiger partial charge >= 0.3 is 0 Å². The molecule has 20 heavy (non-hydrogen) atoms. The van der Waals surface area contributed by atoms with Crippen LogP contribution >= 0.6 is 0 Å². The number of hydrogen-bond donors (Lipinski definition) is 1. The van der Waals surface area contributed by atoms with Gasteiger partial charge in [-0.3, -0.25) is 4.68 Å². The van der Waals surface area contributed by atoms with E-state index in [-0.39, 0.29) is 0 Å². The van der Waals surface area contributed by atoms with Gasteiger partial charge in [0, 0.05) is 24.7 Å². The van der Waals surface area contributed by atoms with Crippen LogP contribution in [0, 0.1) is 5.92 Å². The maximum Gasteiger partial charge on any atom is 0.0624 e. The molecule has 1 N–H and O–H groups in total. The predicted octanol–water partition coefficient (Wildman–Crippen LogP) is 3.57. The molecular weight excluding hydrogens is 246 g/mol. The number of nitrogens with one attached hydrogen (secondary N) is 1. The predicted molar refractivity (Wildman–Crippen MR) is 85.0 cm³/mol. The zero-order valence-corrected chi connectivity index (χ0v) is 13.5. The molecule has 3 nitrogen and oxygen atoms in total. The summed E-state index contributed by atoms with van der Waals surface area (Å²) in [4.78, 5) is 0. The Morgan fingerprint density at radius 3 is 2.70 bits per heavy atom. The normalized spacial score (nSPS) is 17.1. The summed E-state index contributed by atoms with van der Waals surface area (Å²) in [6.07, 6.45) is 9.06. The number of hydrogen-bond acceptors (Lipinski definition) is 2. The summed E-state index contributed by atoms with van der Waals surface area (Å²) in [7, 11) is 0. The third kappa shape index (κ3) is 4.08. The second-order valence-corrected chi connectivity index (χ2v) is 6.18. The minimum Gasteiger partial charge on any atom is -0.314 e. The molecule has 1 unspecified atom stereocenters. The third-order valence-corrected chi connectivity index (χ3v) is 4.56. The van der Waals surface area contributed by atoms with E-state index in [4.69, 9.17) is 0 Å². The Balaban J connectivity index is 1.98. The molecule has 0 spiro atoms. The summed E-state index contributed by atoms with van der Waals surface area (Å²) >= 11 is 0. The van der Waals surface area contributed by atoms with Crippen LogP contribution in [0.2, 0.25) is 0 Å². The highest BCUT2D eigenvalue weighted by molar-refractivity contribution is 5.12. The smallest absolute Gasteiger partial charge is 0.0624 e. The molecule has 0 amide bonds. The van der Waals surface area contributed by atoms with Gasteiger partial charge in [-0.25, -0.2) is 0 Å². The number of nitrogens with zero attached hydrogens (tertiary/aromatic N) is 2. The van der Waals surface area contributed by atoms with Crippen molar-refractivity contribution in [2.45, 2.75) is 78.3 Å². The van der Waals surface area contributed by atoms with E-state index in [1.807, 2.05) is 0 Å². The monoisotopic (exact) mass is 277 g/mol. The van der Waals surface area contributed by atoms with Gasteiger partial charge in [0.2, 0.25) is 0 Å². The van der Waals surface area contributed by atoms with Crippen LogP contribution in [0.15, 0.2) is 6.07 Å². The van der Waals surface area contributed by atoms with Gasteiger partial charge in [0.25, 0.3) is 0 Å². The third-order valence-electron chi connectivity index (χ3n) is 4.56. The van der Waals surface area contributed by atoms with Gasteiger partial charge in [0.1, 0.15) is 0 Å². The largest absolute Gasteiger partial charge is 0.314 e. The molecule has 1 atom stereocenters. The zero-order valence-electron chi connectivity index (χ0n) is 13.5. The fourth-order valence-corrected chi connectivity index (χ4v) is 3.10. The van der Waals surface area contributed by atoms with Crippen LogP contribution in [0.3, 0.4) is 0 Å². The summed E-state index contributed by atoms with van der Waals surface area (Å²) in [5.41, 5.74) is 2.65. The molecule has 114 valence electrons. The van der Waals surface area contributed by atoms with E-state index in [2.05, 4.69) is 41.9 Å². The minimum atomic E-state index is 0.631. The summed E-state index contributed by atoms with van der Waals surface area (Å²) in [6, 6.07) is 2.94. The molecule has 1 saturated carbocycles. The fourth-order valence-electron chi connectivity index (χ4n) is 3.10. The highest BCUT2D eigenvalue weighted by Crippen LogP contribution is 2.31. The van der Waals surface area contributed by atoms with Crippen molar-refractivity contribution in [2.75, 3.05) is 6.54 Å². The van der Waals surface area contributed by atoms with Gasteiger partial charge in [-0.15, -0.1) is 0 Å². The summed E-state index contributed by atoms with van der Waals surface area (Å²) in [5, 5.41) is 8.44. The van der Waals surface area contributed by atoms with Gasteiger partial charge < -0.3 is 5.32 Å². The van der Waals surface area contributed by atoms with Gasteiger partial charge in [-0.1, -0.05) is 33.1 Å². The summed E-state index contributed by atoms with van der Waals surface area (Å²) in [5.74, 6) is 0.966. The molecule has 1 aromatic rings. The Labute approximate surface area is 124 Å². The van der Waals surface area contributed by atoms with Crippen molar-refractivity contribution in [1.29, 1.82) is 0 Å². The zero-order chi connectivity index (χ0) is 14.4. The van der Waals surface area contributed by atoms with E-state index >= 15 is 0 Å². The number of aryl methyl sites for hydroxylation is 2. The molecule has 1 aromatic heterocycles. The Morgan fingerprint density at radius 1 is 1.35 bits per heavy atom. The molecule has 0 bridgehead atoms. The second-order valence-electron chi connectivity index (χ2n) is 6.18. The number of rotatable bonds is 9. The lowest BCUT2D eigenvalue weighted by atomic mass is 9.80. The van der Waals surface area contributed by atoms with E-state index in [0.717, 1.165) is 31.8 Å². The SMILES string of the molecule is CCCNC(Cc1cc(CC)nn1CC)CC1CCC1. The molecule has 1 aliphatic carbocycles. The molecule has 2 rings (SSSR count). The first-order chi connectivity index (χ1) is 9.76. The molecule has 0 radical (unpaired) electrons. The van der Waals surface area contributed by atoms with Crippen LogP contribution in [0.5, 0.6) is 0 Å². The van der Waals surface area contributed by atoms with Crippen LogP contribution < -0.4 is 5.32 Å². The number of aromatic nitrogens is 2. The van der Waals surface area contributed by atoms with Crippen LogP contribution in [0.4, 0.5) is 0 Å². The highest BCUT2D eigenvalue weighted by Gasteiger charge is 2.23. The summed E-state index contributed by atoms with van der Waals surface area (Å²) in [6.45, 7) is 8.75. The molecule has 1 aliphatic rings. The van der Waals surface area contributed by atoms with Crippen LogP contribution in [0.1, 0.15) is 64.3 Å².